The monoisotopic (exact) mass is 193 g/mol. The van der Waals surface area contributed by atoms with E-state index in [9.17, 15) is 0 Å². The second-order valence-electron chi connectivity index (χ2n) is 4.22. The first-order valence-electron chi connectivity index (χ1n) is 5.51. The predicted octanol–water partition coefficient (Wildman–Crippen LogP) is 1.87. The van der Waals surface area contributed by atoms with E-state index >= 15 is 0 Å². The van der Waals surface area contributed by atoms with Crippen molar-refractivity contribution in [2.24, 2.45) is 13.0 Å². The molecule has 0 aromatic carbocycles. The minimum absolute atomic E-state index is 0.500. The standard InChI is InChI=1S/C11H19N3/c1-3-13-10(6-9-4-5-9)11-7-12-8-14(11)2/h7-10,13H,3-6H2,1-2H3. The lowest BCUT2D eigenvalue weighted by Gasteiger charge is -2.17. The number of hydrogen-bond donors (Lipinski definition) is 1. The Morgan fingerprint density at radius 3 is 2.93 bits per heavy atom. The van der Waals surface area contributed by atoms with Crippen LogP contribution in [0.25, 0.3) is 0 Å². The number of aryl methyl sites for hydroxylation is 1. The maximum absolute atomic E-state index is 4.18. The van der Waals surface area contributed by atoms with Crippen LogP contribution in [0.5, 0.6) is 0 Å². The minimum Gasteiger partial charge on any atom is -0.336 e. The highest BCUT2D eigenvalue weighted by atomic mass is 15.1. The van der Waals surface area contributed by atoms with E-state index in [1.807, 2.05) is 12.5 Å². The van der Waals surface area contributed by atoms with Crippen molar-refractivity contribution in [3.05, 3.63) is 18.2 Å². The molecule has 14 heavy (non-hydrogen) atoms. The summed E-state index contributed by atoms with van der Waals surface area (Å²) < 4.78 is 2.12. The first-order valence-corrected chi connectivity index (χ1v) is 5.51. The maximum atomic E-state index is 4.18. The van der Waals surface area contributed by atoms with Gasteiger partial charge in [-0.05, 0) is 18.9 Å². The zero-order valence-corrected chi connectivity index (χ0v) is 9.03. The maximum Gasteiger partial charge on any atom is 0.0946 e. The van der Waals surface area contributed by atoms with Crippen LogP contribution in [0, 0.1) is 5.92 Å². The van der Waals surface area contributed by atoms with E-state index < -0.39 is 0 Å². The molecule has 1 aromatic heterocycles. The lowest BCUT2D eigenvalue weighted by Crippen LogP contribution is -2.23. The van der Waals surface area contributed by atoms with Crippen LogP contribution in [-0.4, -0.2) is 16.1 Å². The number of aromatic nitrogens is 2. The molecule has 2 rings (SSSR count). The second-order valence-corrected chi connectivity index (χ2v) is 4.22. The van der Waals surface area contributed by atoms with E-state index in [1.54, 1.807) is 0 Å². The van der Waals surface area contributed by atoms with E-state index in [4.69, 9.17) is 0 Å². The van der Waals surface area contributed by atoms with Gasteiger partial charge in [0.25, 0.3) is 0 Å². The van der Waals surface area contributed by atoms with Gasteiger partial charge >= 0.3 is 0 Å². The Hall–Kier alpha value is -0.830. The van der Waals surface area contributed by atoms with Gasteiger partial charge in [0, 0.05) is 19.3 Å². The molecular weight excluding hydrogens is 174 g/mol. The molecule has 1 unspecified atom stereocenters. The normalized spacial score (nSPS) is 18.4. The summed E-state index contributed by atoms with van der Waals surface area (Å²) in [6.07, 6.45) is 7.97. The average molecular weight is 193 g/mol. The van der Waals surface area contributed by atoms with Gasteiger partial charge in [-0.3, -0.25) is 0 Å². The Balaban J connectivity index is 2.04. The van der Waals surface area contributed by atoms with Crippen molar-refractivity contribution in [3.63, 3.8) is 0 Å². The lowest BCUT2D eigenvalue weighted by molar-refractivity contribution is 0.465. The lowest BCUT2D eigenvalue weighted by atomic mass is 10.1. The van der Waals surface area contributed by atoms with Gasteiger partial charge in [0.05, 0.1) is 12.0 Å². The van der Waals surface area contributed by atoms with Gasteiger partial charge in [0.1, 0.15) is 0 Å². The molecule has 1 heterocycles. The summed E-state index contributed by atoms with van der Waals surface area (Å²) in [6.45, 7) is 3.19. The molecule has 1 fully saturated rings. The fourth-order valence-electron chi connectivity index (χ4n) is 1.95. The fraction of sp³-hybridized carbons (Fsp3) is 0.727. The molecule has 0 aliphatic heterocycles. The van der Waals surface area contributed by atoms with Crippen LogP contribution < -0.4 is 5.32 Å². The molecule has 0 spiro atoms. The third-order valence-corrected chi connectivity index (χ3v) is 2.93. The van der Waals surface area contributed by atoms with Crippen LogP contribution in [0.1, 0.15) is 37.9 Å². The zero-order valence-electron chi connectivity index (χ0n) is 9.03. The summed E-state index contributed by atoms with van der Waals surface area (Å²) in [5.41, 5.74) is 1.32. The van der Waals surface area contributed by atoms with Crippen LogP contribution in [-0.2, 0) is 7.05 Å². The Kier molecular flexibility index (Phi) is 2.87. The Bertz CT molecular complexity index is 288. The topological polar surface area (TPSA) is 29.9 Å². The van der Waals surface area contributed by atoms with Crippen molar-refractivity contribution in [1.29, 1.82) is 0 Å². The Morgan fingerprint density at radius 1 is 1.64 bits per heavy atom. The Morgan fingerprint density at radius 2 is 2.43 bits per heavy atom. The highest BCUT2D eigenvalue weighted by Crippen LogP contribution is 2.37. The number of hydrogen-bond acceptors (Lipinski definition) is 2. The molecule has 78 valence electrons. The van der Waals surface area contributed by atoms with Gasteiger partial charge < -0.3 is 9.88 Å². The van der Waals surface area contributed by atoms with Crippen LogP contribution in [0.2, 0.25) is 0 Å². The van der Waals surface area contributed by atoms with Crippen LogP contribution in [0.15, 0.2) is 12.5 Å². The van der Waals surface area contributed by atoms with Gasteiger partial charge in [0.15, 0.2) is 0 Å². The molecule has 1 aliphatic carbocycles. The zero-order chi connectivity index (χ0) is 9.97. The van der Waals surface area contributed by atoms with Crippen LogP contribution in [0.4, 0.5) is 0 Å². The highest BCUT2D eigenvalue weighted by molar-refractivity contribution is 5.05. The number of nitrogens with zero attached hydrogens (tertiary/aromatic N) is 2. The van der Waals surface area contributed by atoms with Gasteiger partial charge in [0.2, 0.25) is 0 Å². The molecule has 0 bridgehead atoms. The second kappa shape index (κ2) is 4.13. The predicted molar refractivity (Wildman–Crippen MR) is 57.0 cm³/mol. The van der Waals surface area contributed by atoms with Crippen molar-refractivity contribution in [1.82, 2.24) is 14.9 Å². The first-order chi connectivity index (χ1) is 6.81. The van der Waals surface area contributed by atoms with Crippen LogP contribution >= 0.6 is 0 Å². The summed E-state index contributed by atoms with van der Waals surface area (Å²) in [7, 11) is 2.07. The summed E-state index contributed by atoms with van der Waals surface area (Å²) >= 11 is 0. The largest absolute Gasteiger partial charge is 0.336 e. The van der Waals surface area contributed by atoms with E-state index in [1.165, 1.54) is 25.0 Å². The van der Waals surface area contributed by atoms with E-state index in [0.717, 1.165) is 12.5 Å². The van der Waals surface area contributed by atoms with Crippen molar-refractivity contribution in [3.8, 4) is 0 Å². The van der Waals surface area contributed by atoms with Crippen molar-refractivity contribution in [2.75, 3.05) is 6.54 Å². The van der Waals surface area contributed by atoms with Crippen LogP contribution in [0.3, 0.4) is 0 Å². The number of imidazole rings is 1. The summed E-state index contributed by atoms with van der Waals surface area (Å²) in [4.78, 5) is 4.18. The first kappa shape index (κ1) is 9.71. The average Bonchev–Trinajstić information content (AvgIpc) is 2.87. The minimum atomic E-state index is 0.500. The number of rotatable bonds is 5. The molecule has 1 aromatic rings. The smallest absolute Gasteiger partial charge is 0.0946 e. The van der Waals surface area contributed by atoms with Crippen molar-refractivity contribution in [2.45, 2.75) is 32.2 Å². The highest BCUT2D eigenvalue weighted by Gasteiger charge is 2.26. The third kappa shape index (κ3) is 2.15. The van der Waals surface area contributed by atoms with Gasteiger partial charge in [-0.25, -0.2) is 4.98 Å². The molecular formula is C11H19N3. The summed E-state index contributed by atoms with van der Waals surface area (Å²) in [5.74, 6) is 0.953. The molecule has 1 N–H and O–H groups in total. The Labute approximate surface area is 85.5 Å². The molecule has 1 saturated carbocycles. The van der Waals surface area contributed by atoms with Crippen molar-refractivity contribution < 1.29 is 0 Å². The summed E-state index contributed by atoms with van der Waals surface area (Å²) in [6, 6.07) is 0.500. The quantitative estimate of drug-likeness (QED) is 0.773. The molecule has 0 amide bonds. The summed E-state index contributed by atoms with van der Waals surface area (Å²) in [5, 5.41) is 3.54. The molecule has 1 atom stereocenters. The molecule has 3 nitrogen and oxygen atoms in total. The van der Waals surface area contributed by atoms with Crippen molar-refractivity contribution >= 4 is 0 Å². The molecule has 0 saturated heterocycles. The van der Waals surface area contributed by atoms with Gasteiger partial charge in [-0.2, -0.15) is 0 Å². The number of nitrogens with one attached hydrogen (secondary N) is 1. The molecule has 3 heteroatoms. The molecule has 0 radical (unpaired) electrons. The van der Waals surface area contributed by atoms with Gasteiger partial charge in [-0.1, -0.05) is 19.8 Å². The van der Waals surface area contributed by atoms with E-state index in [0.29, 0.717) is 6.04 Å². The van der Waals surface area contributed by atoms with E-state index in [2.05, 4.69) is 28.8 Å². The van der Waals surface area contributed by atoms with Gasteiger partial charge in [-0.15, -0.1) is 0 Å². The SMILES string of the molecule is CCNC(CC1CC1)c1cncn1C. The molecule has 1 aliphatic rings. The van der Waals surface area contributed by atoms with E-state index in [-0.39, 0.29) is 0 Å². The third-order valence-electron chi connectivity index (χ3n) is 2.93. The fourth-order valence-corrected chi connectivity index (χ4v) is 1.95.